The molecule has 9 nitrogen and oxygen atoms in total. The van der Waals surface area contributed by atoms with Gasteiger partial charge in [-0.2, -0.15) is 5.26 Å². The van der Waals surface area contributed by atoms with Gasteiger partial charge >= 0.3 is 5.97 Å². The fourth-order valence-electron chi connectivity index (χ4n) is 5.45. The van der Waals surface area contributed by atoms with E-state index in [0.717, 1.165) is 5.56 Å². The predicted octanol–water partition coefficient (Wildman–Crippen LogP) is 4.28. The van der Waals surface area contributed by atoms with Gasteiger partial charge in [-0.3, -0.25) is 19.7 Å². The van der Waals surface area contributed by atoms with E-state index in [1.54, 1.807) is 35.2 Å². The number of hydrogen-bond donors (Lipinski definition) is 1. The molecule has 0 unspecified atom stereocenters. The highest BCUT2D eigenvalue weighted by molar-refractivity contribution is 6.02. The number of benzene rings is 3. The molecule has 1 N–H and O–H groups in total. The lowest BCUT2D eigenvalue weighted by Gasteiger charge is -2.36. The molecule has 0 saturated carbocycles. The lowest BCUT2D eigenvalue weighted by Crippen LogP contribution is -2.47. The van der Waals surface area contributed by atoms with Crippen molar-refractivity contribution in [1.29, 1.82) is 5.26 Å². The van der Waals surface area contributed by atoms with Gasteiger partial charge in [0.05, 0.1) is 24.1 Å². The van der Waals surface area contributed by atoms with Crippen molar-refractivity contribution in [1.82, 2.24) is 0 Å². The molecule has 5 rings (SSSR count). The SMILES string of the molecule is COC(=O)[C@]1(C#N)[C@@H]2C=Cc3ccccc3N2[C@H](C(=O)Nc2ccccc2)[C@@H]1c1ccc([N+](=O)[O-])cc1. The maximum absolute atomic E-state index is 14.0. The van der Waals surface area contributed by atoms with Gasteiger partial charge in [-0.05, 0) is 29.3 Å². The Morgan fingerprint density at radius 1 is 1.05 bits per heavy atom. The maximum atomic E-state index is 14.0. The zero-order valence-corrected chi connectivity index (χ0v) is 19.8. The third-order valence-corrected chi connectivity index (χ3v) is 7.03. The summed E-state index contributed by atoms with van der Waals surface area (Å²) in [6.07, 6.45) is 3.58. The maximum Gasteiger partial charge on any atom is 0.329 e. The van der Waals surface area contributed by atoms with E-state index in [4.69, 9.17) is 4.74 Å². The van der Waals surface area contributed by atoms with Gasteiger partial charge in [-0.15, -0.1) is 0 Å². The number of ether oxygens (including phenoxy) is 1. The van der Waals surface area contributed by atoms with E-state index in [2.05, 4.69) is 11.4 Å². The van der Waals surface area contributed by atoms with Crippen molar-refractivity contribution in [2.24, 2.45) is 5.41 Å². The van der Waals surface area contributed by atoms with E-state index in [-0.39, 0.29) is 5.69 Å². The number of methoxy groups -OCH3 is 1. The zero-order valence-electron chi connectivity index (χ0n) is 19.8. The van der Waals surface area contributed by atoms with Crippen molar-refractivity contribution < 1.29 is 19.2 Å². The first-order valence-corrected chi connectivity index (χ1v) is 11.6. The van der Waals surface area contributed by atoms with Crippen LogP contribution in [0.1, 0.15) is 17.0 Å². The molecule has 9 heteroatoms. The summed E-state index contributed by atoms with van der Waals surface area (Å²) in [5.74, 6) is -2.21. The summed E-state index contributed by atoms with van der Waals surface area (Å²) < 4.78 is 5.16. The van der Waals surface area contributed by atoms with Gasteiger partial charge in [0, 0.05) is 29.4 Å². The first kappa shape index (κ1) is 23.8. The largest absolute Gasteiger partial charge is 0.468 e. The standard InChI is InChI=1S/C28H22N4O5/c1-37-27(34)28(17-29)23-16-13-18-7-5-6-10-22(18)31(23)25(26(33)30-20-8-3-2-4-9-20)24(28)19-11-14-21(15-12-19)32(35)36/h2-16,23-25H,1H3,(H,30,33)/t23-,24-,25-,28+/m0/s1. The van der Waals surface area contributed by atoms with Crippen LogP contribution in [-0.2, 0) is 14.3 Å². The molecule has 2 aliphatic heterocycles. The van der Waals surface area contributed by atoms with Crippen molar-refractivity contribution in [3.05, 3.63) is 106 Å². The Kier molecular flexibility index (Phi) is 5.93. The number of carbonyl (C=O) groups excluding carboxylic acids is 2. The molecular formula is C28H22N4O5. The van der Waals surface area contributed by atoms with Crippen LogP contribution in [0.2, 0.25) is 0 Å². The van der Waals surface area contributed by atoms with Gasteiger partial charge in [0.2, 0.25) is 5.91 Å². The molecule has 3 aromatic rings. The number of nitrogens with zero attached hydrogens (tertiary/aromatic N) is 3. The summed E-state index contributed by atoms with van der Waals surface area (Å²) >= 11 is 0. The summed E-state index contributed by atoms with van der Waals surface area (Å²) in [6, 6.07) is 22.3. The van der Waals surface area contributed by atoms with Gasteiger partial charge in [-0.1, -0.05) is 60.7 Å². The van der Waals surface area contributed by atoms with Gasteiger partial charge < -0.3 is 15.0 Å². The summed E-state index contributed by atoms with van der Waals surface area (Å²) in [6.45, 7) is 0. The average Bonchev–Trinajstić information content (AvgIpc) is 3.25. The van der Waals surface area contributed by atoms with Crippen LogP contribution in [0.5, 0.6) is 0 Å². The van der Waals surface area contributed by atoms with Crippen LogP contribution in [-0.4, -0.2) is 36.0 Å². The highest BCUT2D eigenvalue weighted by Crippen LogP contribution is 2.56. The summed E-state index contributed by atoms with van der Waals surface area (Å²) in [4.78, 5) is 40.0. The van der Waals surface area contributed by atoms with Gasteiger partial charge in [0.1, 0.15) is 6.04 Å². The molecule has 4 atom stereocenters. The molecule has 2 aliphatic rings. The fourth-order valence-corrected chi connectivity index (χ4v) is 5.45. The number of fused-ring (bicyclic) bond motifs is 3. The lowest BCUT2D eigenvalue weighted by atomic mass is 9.68. The Morgan fingerprint density at radius 3 is 2.38 bits per heavy atom. The molecule has 1 amide bonds. The quantitative estimate of drug-likeness (QED) is 0.319. The number of nitro groups is 1. The molecule has 2 heterocycles. The molecule has 1 saturated heterocycles. The summed E-state index contributed by atoms with van der Waals surface area (Å²) in [7, 11) is 1.20. The van der Waals surface area contributed by atoms with Gasteiger partial charge in [-0.25, -0.2) is 0 Å². The predicted molar refractivity (Wildman–Crippen MR) is 137 cm³/mol. The molecule has 0 radical (unpaired) electrons. The lowest BCUT2D eigenvalue weighted by molar-refractivity contribution is -0.384. The van der Waals surface area contributed by atoms with Gasteiger partial charge in [0.25, 0.3) is 5.69 Å². The van der Waals surface area contributed by atoms with Gasteiger partial charge in [0.15, 0.2) is 5.41 Å². The number of carbonyl (C=O) groups is 2. The van der Waals surface area contributed by atoms with Crippen molar-refractivity contribution in [2.45, 2.75) is 18.0 Å². The minimum absolute atomic E-state index is 0.143. The topological polar surface area (TPSA) is 126 Å². The smallest absolute Gasteiger partial charge is 0.329 e. The van der Waals surface area contributed by atoms with E-state index in [1.807, 2.05) is 36.4 Å². The molecule has 0 aliphatic carbocycles. The third kappa shape index (κ3) is 3.70. The van der Waals surface area contributed by atoms with E-state index < -0.39 is 40.2 Å². The molecule has 1 fully saturated rings. The van der Waals surface area contributed by atoms with Crippen LogP contribution in [0, 0.1) is 26.9 Å². The second-order valence-corrected chi connectivity index (χ2v) is 8.87. The van der Waals surface area contributed by atoms with Crippen LogP contribution < -0.4 is 10.2 Å². The first-order chi connectivity index (χ1) is 17.9. The Labute approximate surface area is 212 Å². The molecule has 0 spiro atoms. The Hall–Kier alpha value is -4.97. The minimum Gasteiger partial charge on any atom is -0.468 e. The molecular weight excluding hydrogens is 472 g/mol. The normalized spacial score (nSPS) is 23.4. The minimum atomic E-state index is -1.81. The second-order valence-electron chi connectivity index (χ2n) is 8.87. The number of para-hydroxylation sites is 2. The summed E-state index contributed by atoms with van der Waals surface area (Å²) in [5, 5.41) is 24.8. The van der Waals surface area contributed by atoms with Crippen molar-refractivity contribution >= 4 is 35.0 Å². The third-order valence-electron chi connectivity index (χ3n) is 7.03. The average molecular weight is 495 g/mol. The van der Waals surface area contributed by atoms with Crippen LogP contribution in [0.4, 0.5) is 17.1 Å². The van der Waals surface area contributed by atoms with Crippen molar-refractivity contribution in [3.8, 4) is 6.07 Å². The van der Waals surface area contributed by atoms with E-state index in [0.29, 0.717) is 16.9 Å². The first-order valence-electron chi connectivity index (χ1n) is 11.6. The van der Waals surface area contributed by atoms with E-state index in [9.17, 15) is 25.0 Å². The van der Waals surface area contributed by atoms with Crippen molar-refractivity contribution in [3.63, 3.8) is 0 Å². The summed E-state index contributed by atoms with van der Waals surface area (Å²) in [5.41, 5.74) is 0.558. The number of rotatable bonds is 5. The Bertz CT molecular complexity index is 1450. The number of nitriles is 1. The zero-order chi connectivity index (χ0) is 26.2. The number of nitrogens with one attached hydrogen (secondary N) is 1. The second kappa shape index (κ2) is 9.24. The van der Waals surface area contributed by atoms with Crippen LogP contribution in [0.3, 0.4) is 0 Å². The fraction of sp³-hybridized carbons (Fsp3) is 0.179. The van der Waals surface area contributed by atoms with Crippen LogP contribution >= 0.6 is 0 Å². The molecule has 37 heavy (non-hydrogen) atoms. The molecule has 0 aromatic heterocycles. The molecule has 184 valence electrons. The highest BCUT2D eigenvalue weighted by atomic mass is 16.6. The Balaban J connectivity index is 1.74. The number of anilines is 2. The monoisotopic (exact) mass is 494 g/mol. The highest BCUT2D eigenvalue weighted by Gasteiger charge is 2.67. The van der Waals surface area contributed by atoms with Crippen LogP contribution in [0.15, 0.2) is 84.9 Å². The Morgan fingerprint density at radius 2 is 1.73 bits per heavy atom. The molecule has 0 bridgehead atoms. The number of esters is 1. The number of amides is 1. The van der Waals surface area contributed by atoms with E-state index >= 15 is 0 Å². The number of hydrogen-bond acceptors (Lipinski definition) is 7. The van der Waals surface area contributed by atoms with Crippen LogP contribution in [0.25, 0.3) is 6.08 Å². The number of non-ortho nitro benzene ring substituents is 1. The van der Waals surface area contributed by atoms with E-state index in [1.165, 1.54) is 31.4 Å². The van der Waals surface area contributed by atoms with Crippen molar-refractivity contribution in [2.75, 3.05) is 17.3 Å². The molecule has 3 aromatic carbocycles. The number of nitro benzene ring substituents is 1.